The number of carbonyl (C=O) groups is 1. The lowest BCUT2D eigenvalue weighted by molar-refractivity contribution is -0.00709. The zero-order valence-corrected chi connectivity index (χ0v) is 8.84. The Morgan fingerprint density at radius 3 is 2.65 bits per heavy atom. The number of hydrogen-bond donors (Lipinski definition) is 2. The summed E-state index contributed by atoms with van der Waals surface area (Å²) in [5, 5.41) is 8.81. The van der Waals surface area contributed by atoms with Crippen molar-refractivity contribution in [3.8, 4) is 0 Å². The average Bonchev–Trinajstić information content (AvgIpc) is 2.25. The summed E-state index contributed by atoms with van der Waals surface area (Å²) in [5.74, 6) is -5.78. The van der Waals surface area contributed by atoms with E-state index in [0.717, 1.165) is 6.07 Å². The molecule has 0 bridgehead atoms. The fourth-order valence-electron chi connectivity index (χ4n) is 0.984. The molecule has 0 radical (unpaired) electrons. The van der Waals surface area contributed by atoms with Crippen LogP contribution in [0.4, 0.5) is 13.2 Å². The minimum absolute atomic E-state index is 0.211. The molecule has 94 valence electrons. The van der Waals surface area contributed by atoms with Crippen molar-refractivity contribution in [2.75, 3.05) is 6.61 Å². The number of nitrogens with one attached hydrogen (secondary N) is 1. The molecule has 1 rings (SSSR count). The van der Waals surface area contributed by atoms with Gasteiger partial charge >= 0.3 is 0 Å². The van der Waals surface area contributed by atoms with Crippen LogP contribution in [0.15, 0.2) is 12.1 Å². The van der Waals surface area contributed by atoms with E-state index in [9.17, 15) is 18.0 Å². The zero-order valence-electron chi connectivity index (χ0n) is 8.84. The molecule has 0 saturated heterocycles. The van der Waals surface area contributed by atoms with Crippen LogP contribution in [-0.2, 0) is 4.84 Å². The predicted molar refractivity (Wildman–Crippen MR) is 51.4 cm³/mol. The van der Waals surface area contributed by atoms with Crippen LogP contribution >= 0.6 is 0 Å². The van der Waals surface area contributed by atoms with Gasteiger partial charge in [0.15, 0.2) is 17.5 Å². The number of hydrogen-bond acceptors (Lipinski definition) is 3. The summed E-state index contributed by atoms with van der Waals surface area (Å²) in [4.78, 5) is 15.8. The second kappa shape index (κ2) is 5.65. The van der Waals surface area contributed by atoms with Gasteiger partial charge in [0, 0.05) is 0 Å². The first-order valence-electron chi connectivity index (χ1n) is 4.67. The van der Waals surface area contributed by atoms with E-state index in [1.165, 1.54) is 6.92 Å². The van der Waals surface area contributed by atoms with E-state index in [-0.39, 0.29) is 6.61 Å². The minimum Gasteiger partial charge on any atom is -0.391 e. The van der Waals surface area contributed by atoms with Crippen molar-refractivity contribution < 1.29 is 27.9 Å². The summed E-state index contributed by atoms with van der Waals surface area (Å²) in [5.41, 5.74) is 1.10. The smallest absolute Gasteiger partial charge is 0.277 e. The summed E-state index contributed by atoms with van der Waals surface area (Å²) in [6.45, 7) is 1.20. The van der Waals surface area contributed by atoms with E-state index in [1.807, 2.05) is 0 Å². The number of amides is 1. The number of benzene rings is 1. The van der Waals surface area contributed by atoms with Crippen molar-refractivity contribution in [3.05, 3.63) is 35.1 Å². The van der Waals surface area contributed by atoms with E-state index in [0.29, 0.717) is 6.07 Å². The van der Waals surface area contributed by atoms with Gasteiger partial charge in [0.2, 0.25) is 0 Å². The van der Waals surface area contributed by atoms with Gasteiger partial charge in [-0.1, -0.05) is 0 Å². The summed E-state index contributed by atoms with van der Waals surface area (Å²) in [6.07, 6.45) is -0.829. The molecule has 0 aliphatic carbocycles. The zero-order chi connectivity index (χ0) is 13.0. The van der Waals surface area contributed by atoms with Crippen LogP contribution in [0.2, 0.25) is 0 Å². The Kier molecular flexibility index (Phi) is 4.47. The Labute approximate surface area is 95.0 Å². The van der Waals surface area contributed by atoms with Crippen LogP contribution < -0.4 is 5.48 Å². The van der Waals surface area contributed by atoms with E-state index in [2.05, 4.69) is 4.84 Å². The Balaban J connectivity index is 2.73. The number of aliphatic hydroxyl groups excluding tert-OH is 1. The molecule has 0 saturated carbocycles. The summed E-state index contributed by atoms with van der Waals surface area (Å²) in [6, 6.07) is 1.41. The molecule has 1 amide bonds. The molecule has 1 unspecified atom stereocenters. The van der Waals surface area contributed by atoms with Gasteiger partial charge in [0.1, 0.15) is 6.61 Å². The van der Waals surface area contributed by atoms with Crippen LogP contribution in [0.3, 0.4) is 0 Å². The van der Waals surface area contributed by atoms with Crippen molar-refractivity contribution in [2.45, 2.75) is 13.0 Å². The molecule has 2 N–H and O–H groups in total. The monoisotopic (exact) mass is 249 g/mol. The number of aliphatic hydroxyl groups is 1. The number of halogens is 3. The fraction of sp³-hybridized carbons (Fsp3) is 0.300. The van der Waals surface area contributed by atoms with Gasteiger partial charge in [-0.2, -0.15) is 0 Å². The normalized spacial score (nSPS) is 12.3. The lowest BCUT2D eigenvalue weighted by Gasteiger charge is -2.08. The second-order valence-corrected chi connectivity index (χ2v) is 3.31. The van der Waals surface area contributed by atoms with E-state index in [4.69, 9.17) is 5.11 Å². The number of carbonyl (C=O) groups excluding carboxylic acids is 1. The molecule has 1 aromatic rings. The first-order chi connectivity index (χ1) is 7.93. The van der Waals surface area contributed by atoms with E-state index < -0.39 is 35.0 Å². The number of hydroxylamine groups is 1. The predicted octanol–water partition coefficient (Wildman–Crippen LogP) is 1.15. The van der Waals surface area contributed by atoms with Gasteiger partial charge in [-0.25, -0.2) is 18.7 Å². The largest absolute Gasteiger partial charge is 0.391 e. The highest BCUT2D eigenvalue weighted by Crippen LogP contribution is 2.14. The van der Waals surface area contributed by atoms with Crippen LogP contribution in [0.25, 0.3) is 0 Å². The first-order valence-corrected chi connectivity index (χ1v) is 4.67. The Morgan fingerprint density at radius 2 is 2.06 bits per heavy atom. The molecule has 0 aliphatic rings. The van der Waals surface area contributed by atoms with Crippen LogP contribution in [0, 0.1) is 17.5 Å². The molecule has 0 aliphatic heterocycles. The molecule has 0 fully saturated rings. The maximum absolute atomic E-state index is 13.1. The van der Waals surface area contributed by atoms with Gasteiger partial charge < -0.3 is 5.11 Å². The second-order valence-electron chi connectivity index (χ2n) is 3.31. The first kappa shape index (κ1) is 13.5. The minimum atomic E-state index is -1.73. The lowest BCUT2D eigenvalue weighted by Crippen LogP contribution is -2.28. The third-order valence-electron chi connectivity index (χ3n) is 1.77. The van der Waals surface area contributed by atoms with Gasteiger partial charge in [0.25, 0.3) is 5.91 Å². The van der Waals surface area contributed by atoms with Crippen molar-refractivity contribution in [1.82, 2.24) is 5.48 Å². The third-order valence-corrected chi connectivity index (χ3v) is 1.77. The Morgan fingerprint density at radius 1 is 1.41 bits per heavy atom. The van der Waals surface area contributed by atoms with Gasteiger partial charge in [-0.3, -0.25) is 9.63 Å². The molecule has 0 heterocycles. The molecular formula is C10H10F3NO3. The SMILES string of the molecule is CC(O)CONC(=O)c1ccc(F)c(F)c1F. The molecule has 1 aromatic carbocycles. The van der Waals surface area contributed by atoms with Crippen LogP contribution in [-0.4, -0.2) is 23.7 Å². The van der Waals surface area contributed by atoms with E-state index >= 15 is 0 Å². The lowest BCUT2D eigenvalue weighted by atomic mass is 10.2. The van der Waals surface area contributed by atoms with Crippen molar-refractivity contribution in [2.24, 2.45) is 0 Å². The third kappa shape index (κ3) is 3.43. The highest BCUT2D eigenvalue weighted by atomic mass is 19.2. The highest BCUT2D eigenvalue weighted by Gasteiger charge is 2.18. The van der Waals surface area contributed by atoms with Crippen molar-refractivity contribution in [3.63, 3.8) is 0 Å². The molecule has 0 spiro atoms. The van der Waals surface area contributed by atoms with Crippen molar-refractivity contribution in [1.29, 1.82) is 0 Å². The quantitative estimate of drug-likeness (QED) is 0.621. The van der Waals surface area contributed by atoms with Gasteiger partial charge in [-0.05, 0) is 19.1 Å². The van der Waals surface area contributed by atoms with Gasteiger partial charge in [0.05, 0.1) is 11.7 Å². The molecular weight excluding hydrogens is 239 g/mol. The van der Waals surface area contributed by atoms with E-state index in [1.54, 1.807) is 5.48 Å². The van der Waals surface area contributed by atoms with Crippen molar-refractivity contribution >= 4 is 5.91 Å². The Hall–Kier alpha value is -1.60. The van der Waals surface area contributed by atoms with Gasteiger partial charge in [-0.15, -0.1) is 0 Å². The summed E-state index contributed by atoms with van der Waals surface area (Å²) >= 11 is 0. The standard InChI is InChI=1S/C10H10F3NO3/c1-5(15)4-17-14-10(16)6-2-3-7(11)9(13)8(6)12/h2-3,5,15H,4H2,1H3,(H,14,16). The molecule has 1 atom stereocenters. The topological polar surface area (TPSA) is 58.6 Å². The molecule has 7 heteroatoms. The average molecular weight is 249 g/mol. The summed E-state index contributed by atoms with van der Waals surface area (Å²) in [7, 11) is 0. The molecule has 17 heavy (non-hydrogen) atoms. The molecule has 4 nitrogen and oxygen atoms in total. The maximum Gasteiger partial charge on any atom is 0.277 e. The highest BCUT2D eigenvalue weighted by molar-refractivity contribution is 5.93. The Bertz CT molecular complexity index is 424. The van der Waals surface area contributed by atoms with Crippen LogP contribution in [0.1, 0.15) is 17.3 Å². The van der Waals surface area contributed by atoms with Crippen LogP contribution in [0.5, 0.6) is 0 Å². The fourth-order valence-corrected chi connectivity index (χ4v) is 0.984. The summed E-state index contributed by atoms with van der Waals surface area (Å²) < 4.78 is 38.5. The maximum atomic E-state index is 13.1. The molecule has 0 aromatic heterocycles. The number of rotatable bonds is 4.